The standard InChI is InChI=1S/C21H23BrN2O2/c22-19-6-2-1-5-15(19)8-11-21(25)24-16-9-10-17(24)14-18(13-16)26-20-7-3-4-12-23-20/h1-7,12,16-18H,8-11,13-14H2. The molecule has 4 rings (SSSR count). The molecule has 0 saturated carbocycles. The van der Waals surface area contributed by atoms with Crippen LogP contribution in [0.2, 0.25) is 0 Å². The van der Waals surface area contributed by atoms with Gasteiger partial charge in [-0.3, -0.25) is 4.79 Å². The second-order valence-electron chi connectivity index (χ2n) is 7.16. The van der Waals surface area contributed by atoms with E-state index in [1.807, 2.05) is 36.4 Å². The first-order chi connectivity index (χ1) is 12.7. The fourth-order valence-electron chi connectivity index (χ4n) is 4.29. The van der Waals surface area contributed by atoms with Gasteiger partial charge in [0.1, 0.15) is 6.10 Å². The minimum Gasteiger partial charge on any atom is -0.474 e. The molecule has 26 heavy (non-hydrogen) atoms. The molecule has 0 spiro atoms. The van der Waals surface area contributed by atoms with Gasteiger partial charge >= 0.3 is 0 Å². The van der Waals surface area contributed by atoms with Gasteiger partial charge in [0.05, 0.1) is 0 Å². The first kappa shape index (κ1) is 17.5. The Morgan fingerprint density at radius 2 is 1.85 bits per heavy atom. The molecule has 2 aliphatic rings. The molecule has 0 N–H and O–H groups in total. The number of ether oxygens (including phenoxy) is 1. The predicted molar refractivity (Wildman–Crippen MR) is 104 cm³/mol. The van der Waals surface area contributed by atoms with Gasteiger partial charge in [-0.05, 0) is 37.0 Å². The van der Waals surface area contributed by atoms with E-state index in [0.29, 0.717) is 24.4 Å². The van der Waals surface area contributed by atoms with Crippen LogP contribution < -0.4 is 4.74 Å². The molecular formula is C21H23BrN2O2. The largest absolute Gasteiger partial charge is 0.474 e. The molecule has 2 fully saturated rings. The second-order valence-corrected chi connectivity index (χ2v) is 8.01. The molecule has 2 bridgehead atoms. The number of pyridine rings is 1. The average Bonchev–Trinajstić information content (AvgIpc) is 2.93. The van der Waals surface area contributed by atoms with Crippen LogP contribution in [0.25, 0.3) is 0 Å². The number of carbonyl (C=O) groups excluding carboxylic acids is 1. The summed E-state index contributed by atoms with van der Waals surface area (Å²) in [6.07, 6.45) is 7.27. The topological polar surface area (TPSA) is 42.4 Å². The highest BCUT2D eigenvalue weighted by Gasteiger charge is 2.43. The van der Waals surface area contributed by atoms with E-state index in [0.717, 1.165) is 36.6 Å². The maximum absolute atomic E-state index is 12.9. The number of halogens is 1. The summed E-state index contributed by atoms with van der Waals surface area (Å²) in [6.45, 7) is 0. The summed E-state index contributed by atoms with van der Waals surface area (Å²) < 4.78 is 7.14. The van der Waals surface area contributed by atoms with Crippen LogP contribution in [-0.4, -0.2) is 34.0 Å². The van der Waals surface area contributed by atoms with Gasteiger partial charge in [0.2, 0.25) is 11.8 Å². The Morgan fingerprint density at radius 3 is 2.54 bits per heavy atom. The first-order valence-corrected chi connectivity index (χ1v) is 10.1. The summed E-state index contributed by atoms with van der Waals surface area (Å²) in [7, 11) is 0. The third-order valence-corrected chi connectivity index (χ3v) is 6.24. The molecule has 2 atom stereocenters. The van der Waals surface area contributed by atoms with Crippen molar-refractivity contribution >= 4 is 21.8 Å². The Bertz CT molecular complexity index is 754. The molecule has 0 aliphatic carbocycles. The van der Waals surface area contributed by atoms with Gasteiger partial charge in [0.25, 0.3) is 0 Å². The van der Waals surface area contributed by atoms with E-state index in [1.54, 1.807) is 6.20 Å². The van der Waals surface area contributed by atoms with Crippen LogP contribution in [0.5, 0.6) is 5.88 Å². The van der Waals surface area contributed by atoms with Gasteiger partial charge < -0.3 is 9.64 Å². The number of piperidine rings is 1. The normalized spacial score (nSPS) is 24.5. The van der Waals surface area contributed by atoms with Gasteiger partial charge in [-0.25, -0.2) is 4.98 Å². The molecule has 5 heteroatoms. The van der Waals surface area contributed by atoms with E-state index in [4.69, 9.17) is 4.74 Å². The minimum absolute atomic E-state index is 0.162. The molecular weight excluding hydrogens is 392 g/mol. The Kier molecular flexibility index (Phi) is 5.25. The summed E-state index contributed by atoms with van der Waals surface area (Å²) in [5, 5.41) is 0. The number of rotatable bonds is 5. The van der Waals surface area contributed by atoms with Crippen molar-refractivity contribution < 1.29 is 9.53 Å². The number of hydrogen-bond donors (Lipinski definition) is 0. The molecule has 2 aromatic rings. The number of carbonyl (C=O) groups is 1. The quantitative estimate of drug-likeness (QED) is 0.728. The number of hydrogen-bond acceptors (Lipinski definition) is 3. The molecule has 2 saturated heterocycles. The molecule has 1 aromatic heterocycles. The van der Waals surface area contributed by atoms with Crippen LogP contribution >= 0.6 is 15.9 Å². The van der Waals surface area contributed by atoms with Gasteiger partial charge in [-0.1, -0.05) is 40.2 Å². The van der Waals surface area contributed by atoms with Crippen LogP contribution in [0.3, 0.4) is 0 Å². The monoisotopic (exact) mass is 414 g/mol. The first-order valence-electron chi connectivity index (χ1n) is 9.33. The number of benzene rings is 1. The zero-order chi connectivity index (χ0) is 17.9. The molecule has 136 valence electrons. The van der Waals surface area contributed by atoms with Gasteiger partial charge in [-0.2, -0.15) is 0 Å². The molecule has 2 unspecified atom stereocenters. The summed E-state index contributed by atoms with van der Waals surface area (Å²) in [5.41, 5.74) is 1.20. The lowest BCUT2D eigenvalue weighted by molar-refractivity contribution is -0.137. The summed E-state index contributed by atoms with van der Waals surface area (Å²) in [5.74, 6) is 0.968. The molecule has 1 amide bonds. The number of aromatic nitrogens is 1. The van der Waals surface area contributed by atoms with E-state index in [-0.39, 0.29) is 12.0 Å². The third kappa shape index (κ3) is 3.78. The average molecular weight is 415 g/mol. The molecule has 1 aromatic carbocycles. The lowest BCUT2D eigenvalue weighted by Crippen LogP contribution is -2.49. The number of nitrogens with zero attached hydrogens (tertiary/aromatic N) is 2. The third-order valence-electron chi connectivity index (χ3n) is 5.47. The maximum Gasteiger partial charge on any atom is 0.223 e. The van der Waals surface area contributed by atoms with E-state index in [1.165, 1.54) is 5.56 Å². The lowest BCUT2D eigenvalue weighted by Gasteiger charge is -2.38. The Balaban J connectivity index is 1.35. The highest BCUT2D eigenvalue weighted by molar-refractivity contribution is 9.10. The molecule has 0 radical (unpaired) electrons. The Labute approximate surface area is 162 Å². The number of fused-ring (bicyclic) bond motifs is 2. The van der Waals surface area contributed by atoms with Crippen LogP contribution in [0.15, 0.2) is 53.1 Å². The fraction of sp³-hybridized carbons (Fsp3) is 0.429. The maximum atomic E-state index is 12.9. The minimum atomic E-state index is 0.162. The Morgan fingerprint density at radius 1 is 1.12 bits per heavy atom. The van der Waals surface area contributed by atoms with Gasteiger partial charge in [-0.15, -0.1) is 0 Å². The zero-order valence-electron chi connectivity index (χ0n) is 14.7. The van der Waals surface area contributed by atoms with Crippen molar-refractivity contribution in [3.63, 3.8) is 0 Å². The van der Waals surface area contributed by atoms with Crippen molar-refractivity contribution in [3.05, 3.63) is 58.7 Å². The number of aryl methyl sites for hydroxylation is 1. The second kappa shape index (κ2) is 7.78. The smallest absolute Gasteiger partial charge is 0.223 e. The summed E-state index contributed by atoms with van der Waals surface area (Å²) >= 11 is 3.57. The van der Waals surface area contributed by atoms with Crippen molar-refractivity contribution in [2.45, 2.75) is 56.7 Å². The van der Waals surface area contributed by atoms with Crippen LogP contribution in [0.4, 0.5) is 0 Å². The van der Waals surface area contributed by atoms with E-state index >= 15 is 0 Å². The van der Waals surface area contributed by atoms with Crippen molar-refractivity contribution in [1.82, 2.24) is 9.88 Å². The zero-order valence-corrected chi connectivity index (χ0v) is 16.3. The molecule has 2 aliphatic heterocycles. The van der Waals surface area contributed by atoms with Crippen molar-refractivity contribution in [2.24, 2.45) is 0 Å². The van der Waals surface area contributed by atoms with E-state index < -0.39 is 0 Å². The fourth-order valence-corrected chi connectivity index (χ4v) is 4.77. The van der Waals surface area contributed by atoms with Crippen molar-refractivity contribution in [1.29, 1.82) is 0 Å². The van der Waals surface area contributed by atoms with Gasteiger partial charge in [0.15, 0.2) is 0 Å². The van der Waals surface area contributed by atoms with E-state index in [9.17, 15) is 4.79 Å². The van der Waals surface area contributed by atoms with Crippen molar-refractivity contribution in [3.8, 4) is 5.88 Å². The summed E-state index contributed by atoms with van der Waals surface area (Å²) in [4.78, 5) is 19.3. The highest BCUT2D eigenvalue weighted by atomic mass is 79.9. The van der Waals surface area contributed by atoms with Crippen molar-refractivity contribution in [2.75, 3.05) is 0 Å². The van der Waals surface area contributed by atoms with E-state index in [2.05, 4.69) is 31.9 Å². The summed E-state index contributed by atoms with van der Waals surface area (Å²) in [6, 6.07) is 14.5. The molecule has 4 nitrogen and oxygen atoms in total. The Hall–Kier alpha value is -1.88. The van der Waals surface area contributed by atoms with Crippen LogP contribution in [0, 0.1) is 0 Å². The SMILES string of the molecule is O=C(CCc1ccccc1Br)N1C2CCC1CC(Oc1ccccn1)C2. The highest BCUT2D eigenvalue weighted by Crippen LogP contribution is 2.37. The van der Waals surface area contributed by atoms with Crippen LogP contribution in [0.1, 0.15) is 37.7 Å². The van der Waals surface area contributed by atoms with Gasteiger partial charge in [0, 0.05) is 48.1 Å². The van der Waals surface area contributed by atoms with Crippen LogP contribution in [-0.2, 0) is 11.2 Å². The predicted octanol–water partition coefficient (Wildman–Crippen LogP) is 4.38. The number of amides is 1. The lowest BCUT2D eigenvalue weighted by atomic mass is 9.98. The molecule has 3 heterocycles.